The Kier molecular flexibility index (Phi) is 4.36. The van der Waals surface area contributed by atoms with Crippen molar-refractivity contribution < 1.29 is 18.6 Å². The summed E-state index contributed by atoms with van der Waals surface area (Å²) in [5.41, 5.74) is 1.57. The summed E-state index contributed by atoms with van der Waals surface area (Å²) in [5, 5.41) is 5.84. The lowest BCUT2D eigenvalue weighted by Gasteiger charge is -2.09. The number of benzene rings is 3. The molecule has 0 saturated heterocycles. The first-order valence-corrected chi connectivity index (χ1v) is 10.2. The summed E-state index contributed by atoms with van der Waals surface area (Å²) < 4.78 is 23.6. The van der Waals surface area contributed by atoms with Gasteiger partial charge in [0.15, 0.2) is 17.3 Å². The van der Waals surface area contributed by atoms with E-state index in [0.717, 1.165) is 5.39 Å². The van der Waals surface area contributed by atoms with Gasteiger partial charge in [-0.15, -0.1) is 0 Å². The number of aromatic nitrogens is 2. The third kappa shape index (κ3) is 3.20. The fraction of sp³-hybridized carbons (Fsp3) is 0.0800. The van der Waals surface area contributed by atoms with Crippen LogP contribution in [0.5, 0.6) is 17.2 Å². The predicted molar refractivity (Wildman–Crippen MR) is 123 cm³/mol. The van der Waals surface area contributed by atoms with Gasteiger partial charge in [-0.2, -0.15) is 9.78 Å². The number of furan rings is 1. The molecule has 0 unspecified atom stereocenters. The fourth-order valence-electron chi connectivity index (χ4n) is 3.82. The first-order chi connectivity index (χ1) is 16.2. The lowest BCUT2D eigenvalue weighted by molar-refractivity contribution is 0.174. The van der Waals surface area contributed by atoms with Crippen LogP contribution in [-0.4, -0.2) is 29.8 Å². The molecule has 0 saturated carbocycles. The lowest BCUT2D eigenvalue weighted by atomic mass is 10.2. The summed E-state index contributed by atoms with van der Waals surface area (Å²) in [6, 6.07) is 20.1. The number of methoxy groups -OCH3 is 1. The molecular weight excluding hydrogens is 422 g/mol. The third-order valence-corrected chi connectivity index (χ3v) is 5.44. The van der Waals surface area contributed by atoms with E-state index in [2.05, 4.69) is 5.10 Å². The Morgan fingerprint density at radius 1 is 1.03 bits per heavy atom. The van der Waals surface area contributed by atoms with Gasteiger partial charge >= 0.3 is 0 Å². The zero-order valence-corrected chi connectivity index (χ0v) is 17.5. The van der Waals surface area contributed by atoms with Crippen molar-refractivity contribution in [2.24, 2.45) is 5.10 Å². The van der Waals surface area contributed by atoms with Gasteiger partial charge in [0.2, 0.25) is 12.6 Å². The average Bonchev–Trinajstić information content (AvgIpc) is 3.49. The van der Waals surface area contributed by atoms with Crippen molar-refractivity contribution in [2.45, 2.75) is 0 Å². The highest BCUT2D eigenvalue weighted by Gasteiger charge is 2.19. The number of hydrogen-bond acceptors (Lipinski definition) is 7. The quantitative estimate of drug-likeness (QED) is 0.385. The zero-order valence-electron chi connectivity index (χ0n) is 17.5. The Morgan fingerprint density at radius 3 is 2.67 bits per heavy atom. The molecule has 6 rings (SSSR count). The van der Waals surface area contributed by atoms with E-state index in [-0.39, 0.29) is 12.4 Å². The van der Waals surface area contributed by atoms with Crippen molar-refractivity contribution in [3.05, 3.63) is 82.6 Å². The summed E-state index contributed by atoms with van der Waals surface area (Å²) in [6.07, 6.45) is 1.53. The van der Waals surface area contributed by atoms with E-state index in [9.17, 15) is 4.79 Å². The minimum Gasteiger partial charge on any atom is -0.496 e. The van der Waals surface area contributed by atoms with Gasteiger partial charge in [-0.05, 0) is 30.3 Å². The number of ether oxygens (including phenoxy) is 3. The molecule has 0 N–H and O–H groups in total. The molecule has 0 aliphatic carbocycles. The molecule has 3 heterocycles. The van der Waals surface area contributed by atoms with Gasteiger partial charge in [0, 0.05) is 17.0 Å². The van der Waals surface area contributed by atoms with Crippen LogP contribution < -0.4 is 19.8 Å². The topological polar surface area (TPSA) is 88.1 Å². The molecule has 0 atom stereocenters. The second-order valence-corrected chi connectivity index (χ2v) is 7.41. The second-order valence-electron chi connectivity index (χ2n) is 7.41. The monoisotopic (exact) mass is 439 g/mol. The number of hydrogen-bond donors (Lipinski definition) is 0. The van der Waals surface area contributed by atoms with Crippen molar-refractivity contribution in [1.82, 2.24) is 9.66 Å². The van der Waals surface area contributed by atoms with Crippen molar-refractivity contribution in [2.75, 3.05) is 13.9 Å². The van der Waals surface area contributed by atoms with Crippen LogP contribution in [0, 0.1) is 0 Å². The van der Waals surface area contributed by atoms with Crippen LogP contribution in [0.4, 0.5) is 0 Å². The van der Waals surface area contributed by atoms with Crippen LogP contribution >= 0.6 is 0 Å². The van der Waals surface area contributed by atoms with Crippen LogP contribution in [0.1, 0.15) is 5.56 Å². The van der Waals surface area contributed by atoms with Crippen LogP contribution in [-0.2, 0) is 0 Å². The van der Waals surface area contributed by atoms with Gasteiger partial charge in [-0.3, -0.25) is 4.79 Å². The molecule has 8 heteroatoms. The van der Waals surface area contributed by atoms with E-state index in [1.165, 1.54) is 10.9 Å². The Bertz CT molecular complexity index is 1580. The maximum Gasteiger partial charge on any atom is 0.282 e. The van der Waals surface area contributed by atoms with Gasteiger partial charge in [0.05, 0.1) is 24.2 Å². The van der Waals surface area contributed by atoms with Gasteiger partial charge in [-0.25, -0.2) is 4.98 Å². The summed E-state index contributed by atoms with van der Waals surface area (Å²) in [6.45, 7) is 0.142. The van der Waals surface area contributed by atoms with Crippen LogP contribution in [0.25, 0.3) is 33.5 Å². The smallest absolute Gasteiger partial charge is 0.282 e. The summed E-state index contributed by atoms with van der Waals surface area (Å²) in [4.78, 5) is 18.1. The molecular formula is C25H17N3O5. The Balaban J connectivity index is 1.55. The van der Waals surface area contributed by atoms with Gasteiger partial charge in [0.1, 0.15) is 11.3 Å². The van der Waals surface area contributed by atoms with Gasteiger partial charge < -0.3 is 18.6 Å². The Morgan fingerprint density at radius 2 is 1.82 bits per heavy atom. The molecule has 8 nitrogen and oxygen atoms in total. The predicted octanol–water partition coefficient (Wildman–Crippen LogP) is 4.43. The highest BCUT2D eigenvalue weighted by molar-refractivity contribution is 5.87. The molecule has 33 heavy (non-hydrogen) atoms. The van der Waals surface area contributed by atoms with Crippen LogP contribution in [0.3, 0.4) is 0 Å². The maximum atomic E-state index is 13.4. The van der Waals surface area contributed by atoms with Crippen molar-refractivity contribution in [1.29, 1.82) is 0 Å². The van der Waals surface area contributed by atoms with Crippen molar-refractivity contribution in [3.63, 3.8) is 0 Å². The Hall–Kier alpha value is -4.59. The second kappa shape index (κ2) is 7.52. The van der Waals surface area contributed by atoms with Crippen LogP contribution in [0.2, 0.25) is 0 Å². The maximum absolute atomic E-state index is 13.4. The summed E-state index contributed by atoms with van der Waals surface area (Å²) in [5.74, 6) is 2.45. The molecule has 0 fully saturated rings. The van der Waals surface area contributed by atoms with E-state index in [1.54, 1.807) is 37.4 Å². The molecule has 5 aromatic rings. The molecule has 3 aromatic carbocycles. The minimum atomic E-state index is -0.313. The van der Waals surface area contributed by atoms with E-state index in [4.69, 9.17) is 23.6 Å². The van der Waals surface area contributed by atoms with Crippen LogP contribution in [0.15, 0.2) is 81.0 Å². The zero-order chi connectivity index (χ0) is 22.4. The number of nitrogens with zero attached hydrogens (tertiary/aromatic N) is 3. The molecule has 162 valence electrons. The van der Waals surface area contributed by atoms with Gasteiger partial charge in [-0.1, -0.05) is 30.3 Å². The largest absolute Gasteiger partial charge is 0.496 e. The first kappa shape index (κ1) is 19.1. The third-order valence-electron chi connectivity index (χ3n) is 5.44. The molecule has 0 bridgehead atoms. The normalized spacial score (nSPS) is 12.8. The number of fused-ring (bicyclic) bond motifs is 3. The highest BCUT2D eigenvalue weighted by atomic mass is 16.7. The molecule has 1 aliphatic heterocycles. The molecule has 0 amide bonds. The lowest BCUT2D eigenvalue weighted by Crippen LogP contribution is -2.20. The highest BCUT2D eigenvalue weighted by Crippen LogP contribution is 2.37. The number of para-hydroxylation sites is 2. The molecule has 0 spiro atoms. The summed E-state index contributed by atoms with van der Waals surface area (Å²) >= 11 is 0. The van der Waals surface area contributed by atoms with Crippen molar-refractivity contribution >= 4 is 28.1 Å². The SMILES string of the molecule is COc1cc2c(cc1C=Nn1c(-c3cc4ccccc4o3)nc3ccccc3c1=O)OCO2. The van der Waals surface area contributed by atoms with E-state index in [1.807, 2.05) is 36.4 Å². The average molecular weight is 439 g/mol. The van der Waals surface area contributed by atoms with E-state index in [0.29, 0.717) is 50.9 Å². The number of rotatable bonds is 4. The molecule has 0 radical (unpaired) electrons. The standard InChI is InChI=1S/C25H17N3O5/c1-30-20-12-22-21(31-14-32-22)11-16(20)13-26-28-24(23-10-15-6-2-5-9-19(15)33-23)27-18-8-4-3-7-17(18)25(28)29/h2-13H,14H2,1H3. The van der Waals surface area contributed by atoms with E-state index >= 15 is 0 Å². The Labute approximate surface area is 187 Å². The van der Waals surface area contributed by atoms with E-state index < -0.39 is 0 Å². The minimum absolute atomic E-state index is 0.142. The molecule has 2 aromatic heterocycles. The molecule has 1 aliphatic rings. The first-order valence-electron chi connectivity index (χ1n) is 10.2. The fourth-order valence-corrected chi connectivity index (χ4v) is 3.82. The van der Waals surface area contributed by atoms with Gasteiger partial charge in [0.25, 0.3) is 5.56 Å². The van der Waals surface area contributed by atoms with Crippen molar-refractivity contribution in [3.8, 4) is 28.8 Å². The summed E-state index contributed by atoms with van der Waals surface area (Å²) in [7, 11) is 1.55.